The van der Waals surface area contributed by atoms with Crippen LogP contribution in [0.5, 0.6) is 0 Å². The van der Waals surface area contributed by atoms with Crippen molar-refractivity contribution in [3.63, 3.8) is 0 Å². The molecule has 216 valence electrons. The molecule has 0 bridgehead atoms. The largest absolute Gasteiger partial charge is 0.382 e. The van der Waals surface area contributed by atoms with Gasteiger partial charge in [0.05, 0.1) is 31.2 Å². The van der Waals surface area contributed by atoms with Gasteiger partial charge >= 0.3 is 0 Å². The summed E-state index contributed by atoms with van der Waals surface area (Å²) >= 11 is 6.37. The van der Waals surface area contributed by atoms with Gasteiger partial charge in [0.2, 0.25) is 5.91 Å². The van der Waals surface area contributed by atoms with Crippen LogP contribution >= 0.6 is 11.6 Å². The number of anilines is 1. The summed E-state index contributed by atoms with van der Waals surface area (Å²) in [7, 11) is 0. The highest BCUT2D eigenvalue weighted by molar-refractivity contribution is 6.34. The topological polar surface area (TPSA) is 124 Å². The third-order valence-electron chi connectivity index (χ3n) is 7.69. The highest BCUT2D eigenvalue weighted by Gasteiger charge is 2.37. The van der Waals surface area contributed by atoms with E-state index < -0.39 is 4.87 Å². The van der Waals surface area contributed by atoms with Crippen LogP contribution in [0.4, 0.5) is 5.82 Å². The summed E-state index contributed by atoms with van der Waals surface area (Å²) in [5.74, 6) is 0.943. The lowest BCUT2D eigenvalue weighted by Gasteiger charge is -2.43. The van der Waals surface area contributed by atoms with E-state index in [1.165, 1.54) is 6.33 Å². The summed E-state index contributed by atoms with van der Waals surface area (Å²) in [5.41, 5.74) is 9.56. The molecule has 1 amide bonds. The van der Waals surface area contributed by atoms with Crippen LogP contribution in [0.1, 0.15) is 42.8 Å². The average Bonchev–Trinajstić information content (AvgIpc) is 3.68. The van der Waals surface area contributed by atoms with Gasteiger partial charge in [0.1, 0.15) is 22.6 Å². The van der Waals surface area contributed by atoms with Crippen LogP contribution in [0.25, 0.3) is 11.5 Å². The van der Waals surface area contributed by atoms with Crippen molar-refractivity contribution >= 4 is 23.3 Å². The number of amides is 1. The Bertz CT molecular complexity index is 1610. The first-order valence-electron chi connectivity index (χ1n) is 13.9. The molecule has 0 unspecified atom stereocenters. The number of alkyl halides is 1. The van der Waals surface area contributed by atoms with Crippen LogP contribution in [0, 0.1) is 0 Å². The van der Waals surface area contributed by atoms with Gasteiger partial charge in [0.25, 0.3) is 0 Å². The standard InChI is InChI=1S/C30H33ClN10O/c1-30(2,31)29(42)39-15-13-38(14-16-39)25(21-9-5-3-6-10-21)26(22-11-7-4-8-12-22)41-18-23(36-37-41)17-40-20-35-27(32)24-28(40)34-19-33-24/h3-12,18-20,25-26H,13-17,32H2,1-2H3/t25-,26+/m0/s1. The number of carbonyl (C=O) groups is 1. The molecule has 11 nitrogen and oxygen atoms in total. The molecule has 1 fully saturated rings. The van der Waals surface area contributed by atoms with Crippen molar-refractivity contribution in [3.05, 3.63) is 96.3 Å². The first-order valence-corrected chi connectivity index (χ1v) is 14.3. The summed E-state index contributed by atoms with van der Waals surface area (Å²) < 4.78 is 3.81. The smallest absolute Gasteiger partial charge is 0.243 e. The van der Waals surface area contributed by atoms with Crippen molar-refractivity contribution in [3.8, 4) is 11.5 Å². The average molecular weight is 585 g/mol. The highest BCUT2D eigenvalue weighted by atomic mass is 35.5. The van der Waals surface area contributed by atoms with Gasteiger partial charge in [-0.2, -0.15) is 0 Å². The summed E-state index contributed by atoms with van der Waals surface area (Å²) in [6, 6.07) is 20.5. The molecule has 1 aromatic heterocycles. The zero-order valence-electron chi connectivity index (χ0n) is 23.6. The first-order chi connectivity index (χ1) is 20.3. The van der Waals surface area contributed by atoms with Crippen molar-refractivity contribution in [2.75, 3.05) is 31.9 Å². The minimum atomic E-state index is -0.928. The number of nitrogens with zero attached hydrogens (tertiary/aromatic N) is 9. The Hall–Kier alpha value is -4.35. The quantitative estimate of drug-likeness (QED) is 0.275. The van der Waals surface area contributed by atoms with Crippen LogP contribution < -0.4 is 5.73 Å². The van der Waals surface area contributed by atoms with Crippen LogP contribution in [0.3, 0.4) is 0 Å². The van der Waals surface area contributed by atoms with E-state index in [4.69, 9.17) is 17.3 Å². The maximum atomic E-state index is 12.9. The molecule has 3 aliphatic rings. The molecule has 12 heteroatoms. The van der Waals surface area contributed by atoms with E-state index in [2.05, 4.69) is 66.6 Å². The van der Waals surface area contributed by atoms with Crippen LogP contribution in [0.15, 0.2) is 79.5 Å². The van der Waals surface area contributed by atoms with E-state index in [-0.39, 0.29) is 18.0 Å². The maximum Gasteiger partial charge on any atom is 0.243 e. The Morgan fingerprint density at radius 1 is 0.929 bits per heavy atom. The molecular formula is C30H33ClN10O. The zero-order valence-corrected chi connectivity index (χ0v) is 24.3. The fourth-order valence-corrected chi connectivity index (χ4v) is 5.78. The molecule has 42 heavy (non-hydrogen) atoms. The molecule has 3 aliphatic heterocycles. The molecule has 2 aromatic carbocycles. The van der Waals surface area contributed by atoms with E-state index in [1.807, 2.05) is 44.6 Å². The van der Waals surface area contributed by atoms with Crippen LogP contribution in [0.2, 0.25) is 0 Å². The van der Waals surface area contributed by atoms with Gasteiger partial charge in [0, 0.05) is 26.2 Å². The second-order valence-electron chi connectivity index (χ2n) is 11.0. The Kier molecular flexibility index (Phi) is 7.61. The number of carbonyl (C=O) groups excluding carboxylic acids is 1. The molecule has 2 atom stereocenters. The number of fused-ring (bicyclic) bond motifs is 1. The summed E-state index contributed by atoms with van der Waals surface area (Å²) in [6.07, 6.45) is 5.11. The number of aromatic nitrogens is 7. The van der Waals surface area contributed by atoms with Gasteiger partial charge in [-0.3, -0.25) is 9.69 Å². The maximum absolute atomic E-state index is 12.9. The number of nitrogens with two attached hydrogens (primary N) is 1. The Balaban J connectivity index is 1.35. The lowest BCUT2D eigenvalue weighted by molar-refractivity contribution is -0.135. The number of hydrogen-bond donors (Lipinski definition) is 1. The molecule has 0 spiro atoms. The second kappa shape index (κ2) is 11.5. The molecule has 0 aliphatic carbocycles. The summed E-state index contributed by atoms with van der Waals surface area (Å²) in [4.78, 5) is 29.1. The van der Waals surface area contributed by atoms with E-state index >= 15 is 0 Å². The lowest BCUT2D eigenvalue weighted by Crippen LogP contribution is -2.54. The normalized spacial score (nSPS) is 16.0. The first kappa shape index (κ1) is 27.8. The zero-order chi connectivity index (χ0) is 29.3. The highest BCUT2D eigenvalue weighted by Crippen LogP contribution is 2.38. The molecular weight excluding hydrogens is 552 g/mol. The second-order valence-corrected chi connectivity index (χ2v) is 12.0. The van der Waals surface area contributed by atoms with Crippen molar-refractivity contribution in [2.24, 2.45) is 0 Å². The monoisotopic (exact) mass is 584 g/mol. The van der Waals surface area contributed by atoms with Gasteiger partial charge in [-0.15, -0.1) is 16.7 Å². The Labute approximate surface area is 249 Å². The van der Waals surface area contributed by atoms with E-state index in [9.17, 15) is 4.79 Å². The van der Waals surface area contributed by atoms with Crippen LogP contribution in [-0.2, 0) is 11.3 Å². The number of hydrogen-bond acceptors (Lipinski definition) is 8. The minimum Gasteiger partial charge on any atom is -0.382 e. The summed E-state index contributed by atoms with van der Waals surface area (Å²) in [6.45, 7) is 6.50. The Morgan fingerprint density at radius 2 is 1.57 bits per heavy atom. The van der Waals surface area contributed by atoms with Gasteiger partial charge in [0.15, 0.2) is 11.6 Å². The number of nitrogen functional groups attached to an aromatic ring is 1. The molecule has 1 saturated heterocycles. The minimum absolute atomic E-state index is 0.0427. The van der Waals surface area contributed by atoms with E-state index in [1.54, 1.807) is 20.2 Å². The fourth-order valence-electron chi connectivity index (χ4n) is 5.66. The third-order valence-corrected chi connectivity index (χ3v) is 7.85. The Morgan fingerprint density at radius 3 is 2.21 bits per heavy atom. The SMILES string of the molecule is CC(C)(Cl)C(=O)N1CCN([C@@H](c2ccccc2)[C@@H](c2ccccc2)n2cc(Cn3cnc(N)c4ncnc3-4)nn2)CC1. The lowest BCUT2D eigenvalue weighted by atomic mass is 9.91. The number of rotatable bonds is 8. The summed E-state index contributed by atoms with van der Waals surface area (Å²) in [5, 5.41) is 9.21. The number of imidazole rings is 1. The van der Waals surface area contributed by atoms with Crippen LogP contribution in [-0.4, -0.2) is 81.3 Å². The van der Waals surface area contributed by atoms with Crippen molar-refractivity contribution in [1.29, 1.82) is 0 Å². The van der Waals surface area contributed by atoms with Crippen molar-refractivity contribution < 1.29 is 4.79 Å². The van der Waals surface area contributed by atoms with E-state index in [0.717, 1.165) is 16.8 Å². The molecule has 2 N–H and O–H groups in total. The predicted molar refractivity (Wildman–Crippen MR) is 160 cm³/mol. The van der Waals surface area contributed by atoms with Gasteiger partial charge in [-0.1, -0.05) is 65.9 Å². The van der Waals surface area contributed by atoms with Gasteiger partial charge in [-0.05, 0) is 25.0 Å². The fraction of sp³-hybridized carbons (Fsp3) is 0.333. The van der Waals surface area contributed by atoms with Crippen molar-refractivity contribution in [2.45, 2.75) is 37.4 Å². The number of piperazine rings is 1. The molecule has 0 saturated carbocycles. The van der Waals surface area contributed by atoms with Gasteiger partial charge < -0.3 is 15.2 Å². The predicted octanol–water partition coefficient (Wildman–Crippen LogP) is 3.49. The van der Waals surface area contributed by atoms with E-state index in [0.29, 0.717) is 50.1 Å². The number of halogens is 1. The molecule has 3 aromatic rings. The number of benzene rings is 2. The van der Waals surface area contributed by atoms with Crippen molar-refractivity contribution in [1.82, 2.24) is 44.3 Å². The van der Waals surface area contributed by atoms with Gasteiger partial charge in [-0.25, -0.2) is 19.6 Å². The molecule has 6 rings (SSSR count). The third kappa shape index (κ3) is 5.57. The molecule has 4 heterocycles. The molecule has 0 radical (unpaired) electrons.